The number of unbranched alkanes of at least 4 members (excludes halogenated alkanes) is 1. The first-order valence-corrected chi connectivity index (χ1v) is 10.4. The third kappa shape index (κ3) is 6.53. The van der Waals surface area contributed by atoms with Gasteiger partial charge in [-0.1, -0.05) is 38.5 Å². The van der Waals surface area contributed by atoms with E-state index < -0.39 is 6.10 Å². The molecule has 0 aromatic carbocycles. The number of aliphatic hydroxyl groups is 3. The Morgan fingerprint density at radius 3 is 2.78 bits per heavy atom. The van der Waals surface area contributed by atoms with Crippen molar-refractivity contribution < 1.29 is 24.9 Å². The van der Waals surface area contributed by atoms with Gasteiger partial charge in [0.1, 0.15) is 6.61 Å². The summed E-state index contributed by atoms with van der Waals surface area (Å²) in [7, 11) is 0. The van der Waals surface area contributed by atoms with Crippen LogP contribution in [-0.2, 0) is 9.53 Å². The molecule has 1 aliphatic carbocycles. The standard InChI is InChI=1S/C22H36O5/c1-3-7-15(2)20(25)11-6-10-18-19-12-17(27-22(19)13-21(18)26)9-5-4-8-16(24)14-23/h6,10,17-23,25-26H,2-5,7-9,11-14H2,1H3/t17-,18+,19+,20?,21+,22+/m0/s1. The molecular formula is C22H36O5. The van der Waals surface area contributed by atoms with Gasteiger partial charge in [-0.05, 0) is 43.6 Å². The average molecular weight is 381 g/mol. The summed E-state index contributed by atoms with van der Waals surface area (Å²) in [6.07, 6.45) is 10.5. The molecule has 1 saturated carbocycles. The second kappa shape index (κ2) is 11.1. The van der Waals surface area contributed by atoms with E-state index in [1.54, 1.807) is 0 Å². The van der Waals surface area contributed by atoms with E-state index in [1.807, 2.05) is 6.08 Å². The summed E-state index contributed by atoms with van der Waals surface area (Å²) in [4.78, 5) is 11.1. The lowest BCUT2D eigenvalue weighted by molar-refractivity contribution is -0.121. The van der Waals surface area contributed by atoms with Crippen molar-refractivity contribution in [1.82, 2.24) is 0 Å². The minimum absolute atomic E-state index is 0.0857. The first-order valence-electron chi connectivity index (χ1n) is 10.4. The van der Waals surface area contributed by atoms with E-state index >= 15 is 0 Å². The quantitative estimate of drug-likeness (QED) is 0.358. The van der Waals surface area contributed by atoms with Crippen molar-refractivity contribution in [3.8, 4) is 0 Å². The van der Waals surface area contributed by atoms with Crippen LogP contribution in [0.3, 0.4) is 0 Å². The van der Waals surface area contributed by atoms with Crippen molar-refractivity contribution in [2.75, 3.05) is 6.61 Å². The lowest BCUT2D eigenvalue weighted by atomic mass is 9.89. The van der Waals surface area contributed by atoms with Gasteiger partial charge in [-0.3, -0.25) is 4.79 Å². The maximum atomic E-state index is 11.1. The number of carbonyl (C=O) groups excluding carboxylic acids is 1. The molecule has 6 atom stereocenters. The fourth-order valence-electron chi connectivity index (χ4n) is 4.42. The zero-order valence-electron chi connectivity index (χ0n) is 16.6. The highest BCUT2D eigenvalue weighted by molar-refractivity contribution is 5.79. The number of fused-ring (bicyclic) bond motifs is 1. The molecule has 2 aliphatic rings. The van der Waals surface area contributed by atoms with Crippen LogP contribution >= 0.6 is 0 Å². The van der Waals surface area contributed by atoms with Crippen LogP contribution in [0.2, 0.25) is 0 Å². The molecule has 5 nitrogen and oxygen atoms in total. The molecule has 3 N–H and O–H groups in total. The number of Topliss-reactive ketones (excluding diaryl/α,β-unsaturated/α-hetero) is 1. The number of hydrogen-bond donors (Lipinski definition) is 3. The molecule has 0 radical (unpaired) electrons. The number of aliphatic hydroxyl groups excluding tert-OH is 3. The van der Waals surface area contributed by atoms with Crippen LogP contribution in [0.25, 0.3) is 0 Å². The monoisotopic (exact) mass is 380 g/mol. The van der Waals surface area contributed by atoms with Crippen molar-refractivity contribution in [1.29, 1.82) is 0 Å². The molecule has 2 rings (SSSR count). The molecule has 154 valence electrons. The maximum Gasteiger partial charge on any atom is 0.158 e. The van der Waals surface area contributed by atoms with E-state index in [4.69, 9.17) is 9.84 Å². The number of carbonyl (C=O) groups is 1. The average Bonchev–Trinajstić information content (AvgIpc) is 3.16. The van der Waals surface area contributed by atoms with Gasteiger partial charge < -0.3 is 20.1 Å². The maximum absolute atomic E-state index is 11.1. The molecule has 1 unspecified atom stereocenters. The molecule has 1 aliphatic heterocycles. The normalized spacial score (nSPS) is 31.3. The van der Waals surface area contributed by atoms with Crippen LogP contribution in [0.4, 0.5) is 0 Å². The highest BCUT2D eigenvalue weighted by Gasteiger charge is 2.47. The molecule has 1 heterocycles. The number of rotatable bonds is 12. The Kier molecular flexibility index (Phi) is 9.16. The van der Waals surface area contributed by atoms with E-state index in [1.165, 1.54) is 0 Å². The third-order valence-electron chi connectivity index (χ3n) is 5.96. The van der Waals surface area contributed by atoms with Crippen LogP contribution in [0.5, 0.6) is 0 Å². The number of ether oxygens (including phenoxy) is 1. The fourth-order valence-corrected chi connectivity index (χ4v) is 4.42. The van der Waals surface area contributed by atoms with Gasteiger partial charge in [0.2, 0.25) is 0 Å². The second-order valence-electron chi connectivity index (χ2n) is 8.11. The minimum Gasteiger partial charge on any atom is -0.392 e. The Labute approximate surface area is 163 Å². The summed E-state index contributed by atoms with van der Waals surface area (Å²) in [6, 6.07) is 0. The van der Waals surface area contributed by atoms with Crippen LogP contribution in [0.1, 0.15) is 64.7 Å². The molecule has 1 saturated heterocycles. The zero-order valence-corrected chi connectivity index (χ0v) is 16.6. The molecule has 27 heavy (non-hydrogen) atoms. The van der Waals surface area contributed by atoms with Gasteiger partial charge in [0, 0.05) is 18.8 Å². The Hall–Kier alpha value is -1.01. The minimum atomic E-state index is -0.509. The van der Waals surface area contributed by atoms with Gasteiger partial charge in [-0.15, -0.1) is 0 Å². The Morgan fingerprint density at radius 1 is 1.30 bits per heavy atom. The van der Waals surface area contributed by atoms with Gasteiger partial charge in [0.05, 0.1) is 24.4 Å². The number of hydrogen-bond acceptors (Lipinski definition) is 5. The summed E-state index contributed by atoms with van der Waals surface area (Å²) in [5.74, 6) is 0.315. The molecule has 0 aromatic rings. The van der Waals surface area contributed by atoms with E-state index in [2.05, 4.69) is 19.6 Å². The van der Waals surface area contributed by atoms with Gasteiger partial charge in [-0.25, -0.2) is 0 Å². The summed E-state index contributed by atoms with van der Waals surface area (Å²) in [6.45, 7) is 5.65. The summed E-state index contributed by atoms with van der Waals surface area (Å²) < 4.78 is 6.13. The van der Waals surface area contributed by atoms with Gasteiger partial charge in [-0.2, -0.15) is 0 Å². The largest absolute Gasteiger partial charge is 0.392 e. The lowest BCUT2D eigenvalue weighted by Crippen LogP contribution is -2.19. The van der Waals surface area contributed by atoms with Gasteiger partial charge in [0.15, 0.2) is 5.78 Å². The Morgan fingerprint density at radius 2 is 2.07 bits per heavy atom. The van der Waals surface area contributed by atoms with Crippen molar-refractivity contribution in [3.05, 3.63) is 24.3 Å². The van der Waals surface area contributed by atoms with Crippen molar-refractivity contribution >= 4 is 5.78 Å². The number of ketones is 1. The van der Waals surface area contributed by atoms with Crippen LogP contribution in [0, 0.1) is 11.8 Å². The predicted molar refractivity (Wildman–Crippen MR) is 105 cm³/mol. The zero-order chi connectivity index (χ0) is 19.8. The third-order valence-corrected chi connectivity index (χ3v) is 5.96. The Balaban J connectivity index is 1.76. The van der Waals surface area contributed by atoms with E-state index in [9.17, 15) is 15.0 Å². The smallest absolute Gasteiger partial charge is 0.158 e. The molecule has 2 fully saturated rings. The first-order chi connectivity index (χ1) is 13.0. The van der Waals surface area contributed by atoms with Crippen LogP contribution < -0.4 is 0 Å². The second-order valence-corrected chi connectivity index (χ2v) is 8.11. The summed E-state index contributed by atoms with van der Waals surface area (Å²) in [5.41, 5.74) is 0.871. The predicted octanol–water partition coefficient (Wildman–Crippen LogP) is 2.93. The summed E-state index contributed by atoms with van der Waals surface area (Å²) >= 11 is 0. The van der Waals surface area contributed by atoms with Gasteiger partial charge >= 0.3 is 0 Å². The lowest BCUT2D eigenvalue weighted by Gasteiger charge is -2.18. The summed E-state index contributed by atoms with van der Waals surface area (Å²) in [5, 5.41) is 29.2. The fraction of sp³-hybridized carbons (Fsp3) is 0.773. The highest BCUT2D eigenvalue weighted by atomic mass is 16.5. The molecule has 0 spiro atoms. The SMILES string of the molecule is C=C(CCC)C(O)CC=C[C@@H]1[C@H]2C[C@H](CCCCC(=O)CO)O[C@@H]2C[C@H]1O. The van der Waals surface area contributed by atoms with Gasteiger partial charge in [0.25, 0.3) is 0 Å². The first kappa shape index (κ1) is 22.3. The topological polar surface area (TPSA) is 87.0 Å². The van der Waals surface area contributed by atoms with Crippen molar-refractivity contribution in [2.45, 2.75) is 89.1 Å². The molecule has 0 aromatic heterocycles. The van der Waals surface area contributed by atoms with Crippen LogP contribution in [-0.4, -0.2) is 52.1 Å². The molecule has 0 amide bonds. The van der Waals surface area contributed by atoms with E-state index in [-0.39, 0.29) is 36.6 Å². The van der Waals surface area contributed by atoms with Crippen molar-refractivity contribution in [3.63, 3.8) is 0 Å². The van der Waals surface area contributed by atoms with Crippen molar-refractivity contribution in [2.24, 2.45) is 11.8 Å². The van der Waals surface area contributed by atoms with E-state index in [0.29, 0.717) is 25.2 Å². The molecule has 0 bridgehead atoms. The van der Waals surface area contributed by atoms with Crippen LogP contribution in [0.15, 0.2) is 24.3 Å². The molecule has 5 heteroatoms. The Bertz CT molecular complexity index is 515. The van der Waals surface area contributed by atoms with E-state index in [0.717, 1.165) is 44.1 Å². The highest BCUT2D eigenvalue weighted by Crippen LogP contribution is 2.45. The molecular weight excluding hydrogens is 344 g/mol.